The van der Waals surface area contributed by atoms with Crippen molar-refractivity contribution in [1.29, 1.82) is 0 Å². The van der Waals surface area contributed by atoms with Gasteiger partial charge in [0.25, 0.3) is 5.91 Å². The van der Waals surface area contributed by atoms with Gasteiger partial charge in [-0.05, 0) is 73.0 Å². The number of fused-ring (bicyclic) bond motifs is 3. The molecule has 1 aromatic heterocycles. The molecular formula is C29H22Cl2FN3O2. The summed E-state index contributed by atoms with van der Waals surface area (Å²) in [6.07, 6.45) is 3.62. The summed E-state index contributed by atoms with van der Waals surface area (Å²) >= 11 is 12.2. The highest BCUT2D eigenvalue weighted by atomic mass is 35.5. The van der Waals surface area contributed by atoms with Gasteiger partial charge >= 0.3 is 0 Å². The summed E-state index contributed by atoms with van der Waals surface area (Å²) in [4.78, 5) is 31.0. The SMILES string of the molecule is O=C(c1ccc(Cl)c(Cl)c1)N(CC(=O)N1c2ccccc2-n2cccc2[C@H]1c1ccc(F)cc1)C1CC1. The van der Waals surface area contributed by atoms with Crippen molar-refractivity contribution in [2.24, 2.45) is 0 Å². The normalized spacial score (nSPS) is 16.2. The van der Waals surface area contributed by atoms with Crippen LogP contribution in [0, 0.1) is 5.82 Å². The second-order valence-electron chi connectivity index (χ2n) is 9.30. The Balaban J connectivity index is 1.40. The van der Waals surface area contributed by atoms with Gasteiger partial charge in [0.2, 0.25) is 5.91 Å². The Morgan fingerprint density at radius 3 is 2.32 bits per heavy atom. The highest BCUT2D eigenvalue weighted by Crippen LogP contribution is 2.42. The van der Waals surface area contributed by atoms with Crippen LogP contribution in [-0.2, 0) is 4.79 Å². The van der Waals surface area contributed by atoms with Gasteiger partial charge in [-0.1, -0.05) is 47.5 Å². The Morgan fingerprint density at radius 2 is 1.62 bits per heavy atom. The fourth-order valence-corrected chi connectivity index (χ4v) is 5.29. The van der Waals surface area contributed by atoms with Crippen LogP contribution in [0.1, 0.15) is 40.5 Å². The standard InChI is InChI=1S/C29H22Cl2FN3O2/c30-22-14-9-19(16-23(22)31)29(37)34(21-12-13-21)17-27(36)35-25-5-2-1-4-24(25)33-15-3-6-26(33)28(35)18-7-10-20(32)11-8-18/h1-11,14-16,21,28H,12-13,17H2/t28-/m1/s1. The predicted octanol–water partition coefficient (Wildman–Crippen LogP) is 6.66. The first-order valence-electron chi connectivity index (χ1n) is 12.0. The van der Waals surface area contributed by atoms with E-state index in [2.05, 4.69) is 0 Å². The number of benzene rings is 3. The minimum Gasteiger partial charge on any atom is -0.326 e. The van der Waals surface area contributed by atoms with Crippen molar-refractivity contribution < 1.29 is 14.0 Å². The lowest BCUT2D eigenvalue weighted by Gasteiger charge is -2.39. The van der Waals surface area contributed by atoms with Gasteiger partial charge in [-0.3, -0.25) is 14.5 Å². The summed E-state index contributed by atoms with van der Waals surface area (Å²) in [5.41, 5.74) is 3.63. The summed E-state index contributed by atoms with van der Waals surface area (Å²) in [7, 11) is 0. The van der Waals surface area contributed by atoms with E-state index in [0.717, 1.165) is 35.5 Å². The number of carbonyl (C=O) groups is 2. The van der Waals surface area contributed by atoms with Gasteiger partial charge < -0.3 is 9.47 Å². The van der Waals surface area contributed by atoms with Gasteiger partial charge in [0, 0.05) is 17.8 Å². The first kappa shape index (κ1) is 23.8. The Hall–Kier alpha value is -3.61. The lowest BCUT2D eigenvalue weighted by molar-refractivity contribution is -0.119. The maximum absolute atomic E-state index is 14.1. The summed E-state index contributed by atoms with van der Waals surface area (Å²) < 4.78 is 15.9. The van der Waals surface area contributed by atoms with E-state index in [1.807, 2.05) is 47.2 Å². The predicted molar refractivity (Wildman–Crippen MR) is 142 cm³/mol. The van der Waals surface area contributed by atoms with E-state index in [0.29, 0.717) is 10.6 Å². The maximum atomic E-state index is 14.1. The van der Waals surface area contributed by atoms with Gasteiger partial charge in [-0.2, -0.15) is 0 Å². The summed E-state index contributed by atoms with van der Waals surface area (Å²) in [5, 5.41) is 0.652. The van der Waals surface area contributed by atoms with Crippen molar-refractivity contribution in [3.8, 4) is 5.69 Å². The molecule has 0 spiro atoms. The van der Waals surface area contributed by atoms with Crippen LogP contribution in [0.3, 0.4) is 0 Å². The third-order valence-electron chi connectivity index (χ3n) is 6.89. The molecule has 1 atom stereocenters. The van der Waals surface area contributed by atoms with Crippen LogP contribution >= 0.6 is 23.2 Å². The topological polar surface area (TPSA) is 45.6 Å². The van der Waals surface area contributed by atoms with Crippen LogP contribution in [0.2, 0.25) is 10.0 Å². The molecular weight excluding hydrogens is 512 g/mol. The molecule has 1 saturated carbocycles. The van der Waals surface area contributed by atoms with E-state index in [1.54, 1.807) is 34.1 Å². The minimum atomic E-state index is -0.487. The van der Waals surface area contributed by atoms with Crippen molar-refractivity contribution >= 4 is 40.7 Å². The van der Waals surface area contributed by atoms with E-state index in [9.17, 15) is 14.0 Å². The largest absolute Gasteiger partial charge is 0.326 e. The minimum absolute atomic E-state index is 0.0147. The van der Waals surface area contributed by atoms with Crippen LogP contribution < -0.4 is 4.90 Å². The highest BCUT2D eigenvalue weighted by molar-refractivity contribution is 6.42. The molecule has 6 rings (SSSR count). The summed E-state index contributed by atoms with van der Waals surface area (Å²) in [5.74, 6) is -0.837. The van der Waals surface area contributed by atoms with Crippen LogP contribution in [0.4, 0.5) is 10.1 Å². The molecule has 0 N–H and O–H groups in total. The van der Waals surface area contributed by atoms with E-state index in [4.69, 9.17) is 23.2 Å². The third kappa shape index (κ3) is 4.30. The molecule has 0 unspecified atom stereocenters. The molecule has 3 aromatic carbocycles. The van der Waals surface area contributed by atoms with Crippen LogP contribution in [0.25, 0.3) is 5.69 Å². The zero-order valence-corrected chi connectivity index (χ0v) is 21.2. The van der Waals surface area contributed by atoms with Crippen LogP contribution in [-0.4, -0.2) is 33.9 Å². The Bertz CT molecular complexity index is 1510. The molecule has 5 nitrogen and oxygen atoms in total. The van der Waals surface area contributed by atoms with E-state index < -0.39 is 6.04 Å². The Morgan fingerprint density at radius 1 is 0.892 bits per heavy atom. The average Bonchev–Trinajstić information content (AvgIpc) is 3.63. The number of para-hydroxylation sites is 2. The molecule has 0 radical (unpaired) electrons. The third-order valence-corrected chi connectivity index (χ3v) is 7.63. The van der Waals surface area contributed by atoms with Crippen molar-refractivity contribution in [3.05, 3.63) is 118 Å². The molecule has 0 saturated heterocycles. The quantitative estimate of drug-likeness (QED) is 0.287. The molecule has 8 heteroatoms. The van der Waals surface area contributed by atoms with Crippen molar-refractivity contribution in [2.75, 3.05) is 11.4 Å². The molecule has 4 aromatic rings. The first-order chi connectivity index (χ1) is 17.9. The highest BCUT2D eigenvalue weighted by Gasteiger charge is 2.40. The van der Waals surface area contributed by atoms with Crippen molar-refractivity contribution in [3.63, 3.8) is 0 Å². The second-order valence-corrected chi connectivity index (χ2v) is 10.1. The van der Waals surface area contributed by atoms with Crippen LogP contribution in [0.15, 0.2) is 85.1 Å². The van der Waals surface area contributed by atoms with Crippen molar-refractivity contribution in [1.82, 2.24) is 9.47 Å². The fraction of sp³-hybridized carbons (Fsp3) is 0.172. The van der Waals surface area contributed by atoms with E-state index in [1.165, 1.54) is 18.2 Å². The molecule has 1 fully saturated rings. The number of carbonyl (C=O) groups excluding carboxylic acids is 2. The smallest absolute Gasteiger partial charge is 0.254 e. The molecule has 37 heavy (non-hydrogen) atoms. The number of halogens is 3. The zero-order chi connectivity index (χ0) is 25.7. The molecule has 1 aliphatic carbocycles. The molecule has 1 aliphatic heterocycles. The van der Waals surface area contributed by atoms with Gasteiger partial charge in [0.1, 0.15) is 18.4 Å². The summed E-state index contributed by atoms with van der Waals surface area (Å²) in [6, 6.07) is 22.0. The molecule has 2 heterocycles. The average molecular weight is 534 g/mol. The Kier molecular flexibility index (Phi) is 6.01. The van der Waals surface area contributed by atoms with Crippen LogP contribution in [0.5, 0.6) is 0 Å². The summed E-state index contributed by atoms with van der Waals surface area (Å²) in [6.45, 7) is -0.101. The second kappa shape index (κ2) is 9.36. The van der Waals surface area contributed by atoms with Gasteiger partial charge in [-0.25, -0.2) is 4.39 Å². The first-order valence-corrected chi connectivity index (χ1v) is 12.8. The zero-order valence-electron chi connectivity index (χ0n) is 19.7. The van der Waals surface area contributed by atoms with Gasteiger partial charge in [0.05, 0.1) is 27.1 Å². The van der Waals surface area contributed by atoms with E-state index in [-0.39, 0.29) is 35.2 Å². The lowest BCUT2D eigenvalue weighted by atomic mass is 9.97. The monoisotopic (exact) mass is 533 g/mol. The molecule has 2 aliphatic rings. The lowest BCUT2D eigenvalue weighted by Crippen LogP contribution is -2.47. The van der Waals surface area contributed by atoms with Gasteiger partial charge in [0.15, 0.2) is 0 Å². The number of hydrogen-bond acceptors (Lipinski definition) is 2. The molecule has 186 valence electrons. The number of rotatable bonds is 5. The maximum Gasteiger partial charge on any atom is 0.254 e. The van der Waals surface area contributed by atoms with Gasteiger partial charge in [-0.15, -0.1) is 0 Å². The number of nitrogens with zero attached hydrogens (tertiary/aromatic N) is 3. The number of hydrogen-bond donors (Lipinski definition) is 0. The molecule has 2 amide bonds. The van der Waals surface area contributed by atoms with Crippen molar-refractivity contribution in [2.45, 2.75) is 24.9 Å². The van der Waals surface area contributed by atoms with E-state index >= 15 is 0 Å². The number of amides is 2. The fourth-order valence-electron chi connectivity index (χ4n) is 4.99. The number of anilines is 1. The number of aromatic nitrogens is 1. The molecule has 0 bridgehead atoms. The Labute approximate surface area is 223 Å².